The zero-order chi connectivity index (χ0) is 14.1. The van der Waals surface area contributed by atoms with Gasteiger partial charge in [0.1, 0.15) is 5.52 Å². The summed E-state index contributed by atoms with van der Waals surface area (Å²) in [6, 6.07) is 7.40. The monoisotopic (exact) mass is 289 g/mol. The summed E-state index contributed by atoms with van der Waals surface area (Å²) in [4.78, 5) is 4.38. The van der Waals surface area contributed by atoms with E-state index in [-0.39, 0.29) is 0 Å². The van der Waals surface area contributed by atoms with Crippen molar-refractivity contribution >= 4 is 17.1 Å². The molecule has 1 aromatic carbocycles. The van der Waals surface area contributed by atoms with Crippen LogP contribution < -0.4 is 9.47 Å². The molecule has 0 spiro atoms. The average Bonchev–Trinajstić information content (AvgIpc) is 2.95. The summed E-state index contributed by atoms with van der Waals surface area (Å²) < 4.78 is 12.2. The molecule has 102 valence electrons. The lowest BCUT2D eigenvalue weighted by Gasteiger charge is -2.09. The molecule has 0 atom stereocenters. The van der Waals surface area contributed by atoms with Crippen LogP contribution in [0.15, 0.2) is 36.7 Å². The van der Waals surface area contributed by atoms with Crippen LogP contribution in [0.3, 0.4) is 0 Å². The average molecular weight is 290 g/mol. The van der Waals surface area contributed by atoms with Gasteiger partial charge in [0.2, 0.25) is 0 Å². The van der Waals surface area contributed by atoms with Crippen molar-refractivity contribution in [2.45, 2.75) is 0 Å². The summed E-state index contributed by atoms with van der Waals surface area (Å²) >= 11 is 6.16. The molecule has 0 saturated carbocycles. The molecule has 0 aliphatic heterocycles. The van der Waals surface area contributed by atoms with Crippen LogP contribution in [0.25, 0.3) is 16.8 Å². The Hall–Kier alpha value is -2.27. The highest BCUT2D eigenvalue weighted by atomic mass is 35.5. The first kappa shape index (κ1) is 12.7. The van der Waals surface area contributed by atoms with Crippen molar-refractivity contribution in [3.8, 4) is 22.8 Å². The van der Waals surface area contributed by atoms with E-state index in [1.54, 1.807) is 24.9 Å². The van der Waals surface area contributed by atoms with Crippen molar-refractivity contribution in [1.82, 2.24) is 14.6 Å². The van der Waals surface area contributed by atoms with E-state index in [1.165, 1.54) is 0 Å². The van der Waals surface area contributed by atoms with E-state index in [0.717, 1.165) is 11.1 Å². The highest BCUT2D eigenvalue weighted by Gasteiger charge is 2.10. The number of hydrogen-bond acceptors (Lipinski definition) is 4. The fourth-order valence-electron chi connectivity index (χ4n) is 2.02. The van der Waals surface area contributed by atoms with Gasteiger partial charge in [-0.3, -0.25) is 0 Å². The molecule has 2 aromatic heterocycles. The van der Waals surface area contributed by atoms with E-state index in [1.807, 2.05) is 30.5 Å². The fraction of sp³-hybridized carbons (Fsp3) is 0.143. The molecule has 5 nitrogen and oxygen atoms in total. The van der Waals surface area contributed by atoms with Crippen molar-refractivity contribution < 1.29 is 9.47 Å². The molecule has 0 saturated heterocycles. The number of hydrogen-bond donors (Lipinski definition) is 0. The van der Waals surface area contributed by atoms with E-state index in [9.17, 15) is 0 Å². The van der Waals surface area contributed by atoms with Crippen LogP contribution in [0.5, 0.6) is 11.5 Å². The van der Waals surface area contributed by atoms with Gasteiger partial charge in [0.05, 0.1) is 32.3 Å². The molecule has 6 heteroatoms. The predicted molar refractivity (Wildman–Crippen MR) is 76.5 cm³/mol. The van der Waals surface area contributed by atoms with E-state index < -0.39 is 0 Å². The lowest BCUT2D eigenvalue weighted by molar-refractivity contribution is 0.355. The van der Waals surface area contributed by atoms with Crippen LogP contribution in [0.1, 0.15) is 0 Å². The van der Waals surface area contributed by atoms with Gasteiger partial charge in [-0.2, -0.15) is 5.10 Å². The molecule has 0 unspecified atom stereocenters. The van der Waals surface area contributed by atoms with Gasteiger partial charge in [0.25, 0.3) is 0 Å². The molecule has 0 N–H and O–H groups in total. The summed E-state index contributed by atoms with van der Waals surface area (Å²) in [6.45, 7) is 0. The van der Waals surface area contributed by atoms with Crippen molar-refractivity contribution in [1.29, 1.82) is 0 Å². The van der Waals surface area contributed by atoms with Gasteiger partial charge in [-0.05, 0) is 24.3 Å². The Labute approximate surface area is 120 Å². The standard InChI is InChI=1S/C14H12ClN3O2/c1-19-12-4-3-9(7-13(12)20-2)10-8-18-11(5-6-16-18)14(15)17-10/h3-8H,1-2H3. The lowest BCUT2D eigenvalue weighted by atomic mass is 10.1. The first-order valence-electron chi connectivity index (χ1n) is 5.95. The summed E-state index contributed by atoms with van der Waals surface area (Å²) in [5, 5.41) is 4.59. The van der Waals surface area contributed by atoms with Gasteiger partial charge in [-0.1, -0.05) is 11.6 Å². The first-order valence-corrected chi connectivity index (χ1v) is 6.33. The number of ether oxygens (including phenoxy) is 2. The largest absolute Gasteiger partial charge is 0.493 e. The smallest absolute Gasteiger partial charge is 0.161 e. The third-order valence-corrected chi connectivity index (χ3v) is 3.30. The molecular weight excluding hydrogens is 278 g/mol. The maximum Gasteiger partial charge on any atom is 0.161 e. The first-order chi connectivity index (χ1) is 9.72. The number of rotatable bonds is 3. The number of aromatic nitrogens is 3. The van der Waals surface area contributed by atoms with E-state index in [2.05, 4.69) is 10.1 Å². The summed E-state index contributed by atoms with van der Waals surface area (Å²) in [5.41, 5.74) is 2.37. The second-order valence-electron chi connectivity index (χ2n) is 4.15. The van der Waals surface area contributed by atoms with Crippen LogP contribution in [0, 0.1) is 0 Å². The number of methoxy groups -OCH3 is 2. The Morgan fingerprint density at radius 3 is 2.65 bits per heavy atom. The fourth-order valence-corrected chi connectivity index (χ4v) is 2.26. The van der Waals surface area contributed by atoms with Gasteiger partial charge in [-0.15, -0.1) is 0 Å². The Morgan fingerprint density at radius 1 is 1.10 bits per heavy atom. The highest BCUT2D eigenvalue weighted by Crippen LogP contribution is 2.32. The van der Waals surface area contributed by atoms with Crippen molar-refractivity contribution in [3.63, 3.8) is 0 Å². The molecule has 3 aromatic rings. The topological polar surface area (TPSA) is 48.7 Å². The summed E-state index contributed by atoms with van der Waals surface area (Å²) in [6.07, 6.45) is 3.50. The normalized spacial score (nSPS) is 10.8. The Bertz CT molecular complexity index is 770. The molecule has 3 rings (SSSR count). The van der Waals surface area contributed by atoms with Gasteiger partial charge < -0.3 is 9.47 Å². The summed E-state index contributed by atoms with van der Waals surface area (Å²) in [7, 11) is 3.20. The SMILES string of the molecule is COc1ccc(-c2cn3nccc3c(Cl)n2)cc1OC. The zero-order valence-corrected chi connectivity index (χ0v) is 11.8. The van der Waals surface area contributed by atoms with Gasteiger partial charge in [0.15, 0.2) is 16.7 Å². The maximum absolute atomic E-state index is 6.16. The Balaban J connectivity index is 2.14. The zero-order valence-electron chi connectivity index (χ0n) is 11.0. The van der Waals surface area contributed by atoms with E-state index in [0.29, 0.717) is 22.3 Å². The third kappa shape index (κ3) is 2.06. The molecule has 0 aliphatic carbocycles. The quantitative estimate of drug-likeness (QED) is 0.743. The minimum atomic E-state index is 0.412. The molecule has 0 aliphatic rings. The number of benzene rings is 1. The highest BCUT2D eigenvalue weighted by molar-refractivity contribution is 6.32. The molecule has 0 bridgehead atoms. The van der Waals surface area contributed by atoms with Gasteiger partial charge >= 0.3 is 0 Å². The minimum absolute atomic E-state index is 0.412. The molecule has 0 amide bonds. The molecule has 2 heterocycles. The second kappa shape index (κ2) is 5.02. The predicted octanol–water partition coefficient (Wildman–Crippen LogP) is 3.07. The van der Waals surface area contributed by atoms with Crippen LogP contribution >= 0.6 is 11.6 Å². The van der Waals surface area contributed by atoms with E-state index in [4.69, 9.17) is 21.1 Å². The number of fused-ring (bicyclic) bond motifs is 1. The molecule has 0 radical (unpaired) electrons. The minimum Gasteiger partial charge on any atom is -0.493 e. The second-order valence-corrected chi connectivity index (χ2v) is 4.51. The van der Waals surface area contributed by atoms with E-state index >= 15 is 0 Å². The van der Waals surface area contributed by atoms with Crippen molar-refractivity contribution in [2.75, 3.05) is 14.2 Å². The summed E-state index contributed by atoms with van der Waals surface area (Å²) in [5.74, 6) is 1.31. The third-order valence-electron chi connectivity index (χ3n) is 3.02. The van der Waals surface area contributed by atoms with Crippen LogP contribution in [0.2, 0.25) is 5.15 Å². The molecular formula is C14H12ClN3O2. The molecule has 0 fully saturated rings. The lowest BCUT2D eigenvalue weighted by Crippen LogP contribution is -1.95. The van der Waals surface area contributed by atoms with Crippen LogP contribution in [0.4, 0.5) is 0 Å². The van der Waals surface area contributed by atoms with Crippen molar-refractivity contribution in [2.24, 2.45) is 0 Å². The van der Waals surface area contributed by atoms with Crippen LogP contribution in [-0.2, 0) is 0 Å². The number of halogens is 1. The number of nitrogens with zero attached hydrogens (tertiary/aromatic N) is 3. The van der Waals surface area contributed by atoms with Crippen molar-refractivity contribution in [3.05, 3.63) is 41.8 Å². The van der Waals surface area contributed by atoms with Crippen LogP contribution in [-0.4, -0.2) is 28.8 Å². The maximum atomic E-state index is 6.16. The Morgan fingerprint density at radius 2 is 1.90 bits per heavy atom. The van der Waals surface area contributed by atoms with Gasteiger partial charge in [-0.25, -0.2) is 9.50 Å². The molecule has 20 heavy (non-hydrogen) atoms. The Kier molecular flexibility index (Phi) is 3.20. The van der Waals surface area contributed by atoms with Gasteiger partial charge in [0, 0.05) is 5.56 Å².